The van der Waals surface area contributed by atoms with E-state index in [2.05, 4.69) is 61.7 Å². The van der Waals surface area contributed by atoms with E-state index in [0.717, 1.165) is 42.7 Å². The van der Waals surface area contributed by atoms with Crippen molar-refractivity contribution in [3.8, 4) is 0 Å². The van der Waals surface area contributed by atoms with Crippen LogP contribution in [0.1, 0.15) is 63.0 Å². The molecule has 9 nitrogen and oxygen atoms in total. The molecule has 3 aliphatic rings. The van der Waals surface area contributed by atoms with E-state index in [1.165, 1.54) is 12.4 Å². The van der Waals surface area contributed by atoms with E-state index in [1.807, 2.05) is 16.9 Å². The highest BCUT2D eigenvalue weighted by molar-refractivity contribution is 6.34. The Morgan fingerprint density at radius 3 is 2.65 bits per heavy atom. The second kappa shape index (κ2) is 8.58. The van der Waals surface area contributed by atoms with E-state index in [0.29, 0.717) is 28.5 Å². The molecule has 4 aromatic heterocycles. The van der Waals surface area contributed by atoms with Gasteiger partial charge in [0.1, 0.15) is 35.2 Å². The minimum atomic E-state index is -0.531. The maximum atomic E-state index is 13.9. The first-order chi connectivity index (χ1) is 17.6. The van der Waals surface area contributed by atoms with Crippen molar-refractivity contribution in [2.45, 2.75) is 58.5 Å². The molecule has 2 N–H and O–H groups in total. The third-order valence-electron chi connectivity index (χ3n) is 7.36. The van der Waals surface area contributed by atoms with Crippen LogP contribution < -0.4 is 10.6 Å². The van der Waals surface area contributed by atoms with Crippen molar-refractivity contribution in [2.24, 2.45) is 11.3 Å². The minimum Gasteiger partial charge on any atom is -0.369 e. The molecule has 0 aliphatic heterocycles. The number of pyridine rings is 2. The number of hydrogen-bond donors (Lipinski definition) is 2. The zero-order valence-corrected chi connectivity index (χ0v) is 22.0. The molecule has 3 aliphatic carbocycles. The van der Waals surface area contributed by atoms with Gasteiger partial charge in [-0.05, 0) is 49.7 Å². The molecule has 0 spiro atoms. The predicted molar refractivity (Wildman–Crippen MR) is 140 cm³/mol. The normalized spacial score (nSPS) is 21.3. The lowest BCUT2D eigenvalue weighted by atomic mass is 9.50. The number of nitrogens with zero attached hydrogens (tertiary/aromatic N) is 7. The molecule has 11 heteroatoms. The number of hydrogen-bond acceptors (Lipinski definition) is 8. The summed E-state index contributed by atoms with van der Waals surface area (Å²) in [6.07, 6.45) is 6.91. The van der Waals surface area contributed by atoms with Gasteiger partial charge >= 0.3 is 0 Å². The summed E-state index contributed by atoms with van der Waals surface area (Å²) >= 11 is 6.58. The molecule has 3 saturated carbocycles. The molecular weight excluding hydrogens is 493 g/mol. The fourth-order valence-corrected chi connectivity index (χ4v) is 5.49. The van der Waals surface area contributed by atoms with Gasteiger partial charge in [0.15, 0.2) is 5.15 Å². The molecular formula is C26H29ClFN9. The highest BCUT2D eigenvalue weighted by Crippen LogP contribution is 2.62. The van der Waals surface area contributed by atoms with Crippen LogP contribution in [0.3, 0.4) is 0 Å². The summed E-state index contributed by atoms with van der Waals surface area (Å²) in [6.45, 7) is 8.94. The number of fused-ring (bicyclic) bond motifs is 1. The minimum absolute atomic E-state index is 0.0552. The molecule has 4 aromatic rings. The number of rotatable bonds is 7. The summed E-state index contributed by atoms with van der Waals surface area (Å²) in [5.74, 6) is 1.48. The smallest absolute Gasteiger partial charge is 0.213 e. The van der Waals surface area contributed by atoms with Crippen molar-refractivity contribution in [1.29, 1.82) is 0 Å². The average molecular weight is 522 g/mol. The van der Waals surface area contributed by atoms with Crippen molar-refractivity contribution in [1.82, 2.24) is 34.9 Å². The second-order valence-electron chi connectivity index (χ2n) is 11.5. The van der Waals surface area contributed by atoms with Crippen LogP contribution in [0.15, 0.2) is 30.7 Å². The molecule has 3 fully saturated rings. The van der Waals surface area contributed by atoms with Crippen molar-refractivity contribution in [3.63, 3.8) is 0 Å². The van der Waals surface area contributed by atoms with Crippen LogP contribution >= 0.6 is 11.6 Å². The third-order valence-corrected chi connectivity index (χ3v) is 7.62. The standard InChI is InChI=1S/C26H29ClFN9/c1-14-16(5-6-19(28)32-14)21(18-11-37(36-35-18)26-8-15(9-26)10-26)33-20-7-17-22(23(27)34-20)30-13-31-24(17)29-12-25(2,3)4/h5-7,11,13,15,21H,8-10,12H2,1-4H3,(H,33,34)(H,29,30,31)/t15?,21-,26?/m0/s1. The van der Waals surface area contributed by atoms with Gasteiger partial charge in [-0.3, -0.25) is 0 Å². The van der Waals surface area contributed by atoms with E-state index in [9.17, 15) is 4.39 Å². The van der Waals surface area contributed by atoms with Crippen LogP contribution in [0.4, 0.5) is 16.0 Å². The summed E-state index contributed by atoms with van der Waals surface area (Å²) < 4.78 is 15.9. The van der Waals surface area contributed by atoms with Gasteiger partial charge in [-0.2, -0.15) is 4.39 Å². The number of anilines is 2. The van der Waals surface area contributed by atoms with Crippen LogP contribution in [-0.2, 0) is 5.54 Å². The maximum absolute atomic E-state index is 13.9. The van der Waals surface area contributed by atoms with Crippen molar-refractivity contribution < 1.29 is 4.39 Å². The monoisotopic (exact) mass is 521 g/mol. The summed E-state index contributed by atoms with van der Waals surface area (Å²) in [6, 6.07) is 4.48. The van der Waals surface area contributed by atoms with Crippen molar-refractivity contribution in [2.75, 3.05) is 17.2 Å². The van der Waals surface area contributed by atoms with E-state index >= 15 is 0 Å². The van der Waals surface area contributed by atoms with Gasteiger partial charge < -0.3 is 10.6 Å². The van der Waals surface area contributed by atoms with Gasteiger partial charge in [0, 0.05) is 23.2 Å². The first kappa shape index (κ1) is 24.0. The molecule has 4 heterocycles. The summed E-state index contributed by atoms with van der Waals surface area (Å²) in [5, 5.41) is 16.9. The predicted octanol–water partition coefficient (Wildman–Crippen LogP) is 5.28. The largest absolute Gasteiger partial charge is 0.369 e. The Labute approximate surface area is 219 Å². The van der Waals surface area contributed by atoms with E-state index in [4.69, 9.17) is 11.6 Å². The quantitative estimate of drug-likeness (QED) is 0.316. The Kier molecular flexibility index (Phi) is 5.56. The maximum Gasteiger partial charge on any atom is 0.213 e. The van der Waals surface area contributed by atoms with Gasteiger partial charge in [0.05, 0.1) is 11.7 Å². The molecule has 0 saturated heterocycles. The summed E-state index contributed by atoms with van der Waals surface area (Å²) in [4.78, 5) is 17.4. The average Bonchev–Trinajstić information content (AvgIpc) is 3.23. The third kappa shape index (κ3) is 4.37. The Morgan fingerprint density at radius 1 is 1.19 bits per heavy atom. The fraction of sp³-hybridized carbons (Fsp3) is 0.462. The lowest BCUT2D eigenvalue weighted by molar-refractivity contribution is -0.0989. The zero-order valence-electron chi connectivity index (χ0n) is 21.3. The Bertz CT molecular complexity index is 1480. The number of aryl methyl sites for hydroxylation is 1. The van der Waals surface area contributed by atoms with Crippen LogP contribution in [-0.4, -0.2) is 41.5 Å². The summed E-state index contributed by atoms with van der Waals surface area (Å²) in [5.41, 5.74) is 2.75. The fourth-order valence-electron chi connectivity index (χ4n) is 5.25. The van der Waals surface area contributed by atoms with E-state index in [-0.39, 0.29) is 16.1 Å². The second-order valence-corrected chi connectivity index (χ2v) is 11.9. The number of aromatic nitrogens is 7. The Hall–Kier alpha value is -3.40. The lowest BCUT2D eigenvalue weighted by Crippen LogP contribution is -2.59. The Morgan fingerprint density at radius 2 is 1.97 bits per heavy atom. The summed E-state index contributed by atoms with van der Waals surface area (Å²) in [7, 11) is 0. The number of halogens is 2. The Balaban J connectivity index is 1.39. The highest BCUT2D eigenvalue weighted by atomic mass is 35.5. The zero-order chi connectivity index (χ0) is 25.9. The molecule has 0 aromatic carbocycles. The van der Waals surface area contributed by atoms with Gasteiger partial charge in [-0.1, -0.05) is 43.7 Å². The van der Waals surface area contributed by atoms with Crippen LogP contribution in [0.25, 0.3) is 10.9 Å². The molecule has 2 bridgehead atoms. The van der Waals surface area contributed by atoms with Gasteiger partial charge in [0.25, 0.3) is 0 Å². The molecule has 192 valence electrons. The first-order valence-electron chi connectivity index (χ1n) is 12.5. The molecule has 1 atom stereocenters. The van der Waals surface area contributed by atoms with Gasteiger partial charge in [-0.25, -0.2) is 24.6 Å². The number of nitrogens with one attached hydrogen (secondary N) is 2. The van der Waals surface area contributed by atoms with Crippen LogP contribution in [0.5, 0.6) is 0 Å². The van der Waals surface area contributed by atoms with Gasteiger partial charge in [-0.15, -0.1) is 5.10 Å². The SMILES string of the molecule is Cc1nc(F)ccc1[C@H](Nc1cc2c(NCC(C)(C)C)ncnc2c(Cl)n1)c1cn(C23CC(C2)C3)nn1. The molecule has 37 heavy (non-hydrogen) atoms. The first-order valence-corrected chi connectivity index (χ1v) is 12.9. The van der Waals surface area contributed by atoms with E-state index < -0.39 is 12.0 Å². The lowest BCUT2D eigenvalue weighted by Gasteiger charge is -2.61. The van der Waals surface area contributed by atoms with Crippen molar-refractivity contribution in [3.05, 3.63) is 58.8 Å². The van der Waals surface area contributed by atoms with Gasteiger partial charge in [0.2, 0.25) is 5.95 Å². The van der Waals surface area contributed by atoms with Crippen LogP contribution in [0.2, 0.25) is 5.15 Å². The highest BCUT2D eigenvalue weighted by Gasteiger charge is 2.58. The molecule has 0 unspecified atom stereocenters. The topological polar surface area (TPSA) is 106 Å². The molecule has 7 rings (SSSR count). The molecule has 0 amide bonds. The van der Waals surface area contributed by atoms with Crippen molar-refractivity contribution >= 4 is 34.1 Å². The molecule has 0 radical (unpaired) electrons. The van der Waals surface area contributed by atoms with E-state index in [1.54, 1.807) is 13.0 Å². The van der Waals surface area contributed by atoms with Crippen LogP contribution in [0, 0.1) is 24.2 Å².